The second-order valence-electron chi connectivity index (χ2n) is 5.12. The summed E-state index contributed by atoms with van der Waals surface area (Å²) in [5.41, 5.74) is 0. The van der Waals surface area contributed by atoms with Gasteiger partial charge in [0.05, 0.1) is 0 Å². The predicted molar refractivity (Wildman–Crippen MR) is 70.0 cm³/mol. The largest absolute Gasteiger partial charge is 0.300 e. The van der Waals surface area contributed by atoms with Crippen LogP contribution in [0.25, 0.3) is 0 Å². The Hall–Kier alpha value is -0.0200. The number of hydrogen-bond acceptors (Lipinski definition) is 3. The fourth-order valence-electron chi connectivity index (χ4n) is 3.17. The Labute approximate surface area is 103 Å². The highest BCUT2D eigenvalue weighted by Gasteiger charge is 2.34. The monoisotopic (exact) mass is 241 g/mol. The molecule has 1 saturated carbocycles. The summed E-state index contributed by atoms with van der Waals surface area (Å²) in [6.07, 6.45) is 5.63. The predicted octanol–water partition coefficient (Wildman–Crippen LogP) is 2.71. The SMILES string of the molecule is CCSC1CCC(N2CCC(=O)CC2C)C1. The van der Waals surface area contributed by atoms with Crippen molar-refractivity contribution in [1.29, 1.82) is 0 Å². The minimum Gasteiger partial charge on any atom is -0.300 e. The van der Waals surface area contributed by atoms with E-state index in [1.807, 2.05) is 0 Å². The Morgan fingerprint density at radius 3 is 2.94 bits per heavy atom. The van der Waals surface area contributed by atoms with E-state index in [9.17, 15) is 4.79 Å². The van der Waals surface area contributed by atoms with Crippen molar-refractivity contribution in [2.45, 2.75) is 63.3 Å². The minimum atomic E-state index is 0.459. The van der Waals surface area contributed by atoms with Crippen LogP contribution in [-0.4, -0.2) is 40.3 Å². The standard InChI is InChI=1S/C13H23NOS/c1-3-16-13-5-4-11(9-13)14-7-6-12(15)8-10(14)2/h10-11,13H,3-9H2,1-2H3. The van der Waals surface area contributed by atoms with Gasteiger partial charge in [-0.15, -0.1) is 0 Å². The summed E-state index contributed by atoms with van der Waals surface area (Å²) in [5.74, 6) is 1.70. The Morgan fingerprint density at radius 2 is 2.25 bits per heavy atom. The molecule has 1 saturated heterocycles. The molecular weight excluding hydrogens is 218 g/mol. The third-order valence-corrected chi connectivity index (χ3v) is 5.20. The first-order valence-electron chi connectivity index (χ1n) is 6.59. The zero-order valence-electron chi connectivity index (χ0n) is 10.4. The number of piperidine rings is 1. The Balaban J connectivity index is 1.86. The highest BCUT2D eigenvalue weighted by atomic mass is 32.2. The molecule has 2 rings (SSSR count). The zero-order chi connectivity index (χ0) is 11.5. The number of rotatable bonds is 3. The van der Waals surface area contributed by atoms with Crippen LogP contribution >= 0.6 is 11.8 Å². The number of Topliss-reactive ketones (excluding diaryl/α,β-unsaturated/α-hetero) is 1. The Morgan fingerprint density at radius 1 is 1.44 bits per heavy atom. The number of likely N-dealkylation sites (tertiary alicyclic amines) is 1. The van der Waals surface area contributed by atoms with Crippen molar-refractivity contribution in [3.63, 3.8) is 0 Å². The van der Waals surface area contributed by atoms with E-state index in [4.69, 9.17) is 0 Å². The van der Waals surface area contributed by atoms with Crippen molar-refractivity contribution < 1.29 is 4.79 Å². The third kappa shape index (κ3) is 2.80. The van der Waals surface area contributed by atoms with Crippen molar-refractivity contribution >= 4 is 17.5 Å². The quantitative estimate of drug-likeness (QED) is 0.758. The molecule has 92 valence electrons. The average Bonchev–Trinajstić information content (AvgIpc) is 2.67. The first kappa shape index (κ1) is 12.4. The lowest BCUT2D eigenvalue weighted by molar-refractivity contribution is -0.123. The highest BCUT2D eigenvalue weighted by Crippen LogP contribution is 2.34. The molecule has 3 atom stereocenters. The van der Waals surface area contributed by atoms with E-state index in [0.717, 1.165) is 30.7 Å². The third-order valence-electron chi connectivity index (χ3n) is 3.97. The van der Waals surface area contributed by atoms with Crippen LogP contribution in [0, 0.1) is 0 Å². The lowest BCUT2D eigenvalue weighted by Crippen LogP contribution is -2.46. The van der Waals surface area contributed by atoms with Gasteiger partial charge < -0.3 is 0 Å². The van der Waals surface area contributed by atoms with Gasteiger partial charge in [-0.25, -0.2) is 0 Å². The molecule has 0 N–H and O–H groups in total. The molecule has 0 spiro atoms. The van der Waals surface area contributed by atoms with Crippen molar-refractivity contribution in [2.24, 2.45) is 0 Å². The summed E-state index contributed by atoms with van der Waals surface area (Å²) in [7, 11) is 0. The van der Waals surface area contributed by atoms with Gasteiger partial charge in [-0.3, -0.25) is 9.69 Å². The molecular formula is C13H23NOS. The Kier molecular flexibility index (Phi) is 4.31. The van der Waals surface area contributed by atoms with Crippen LogP contribution in [0.1, 0.15) is 46.0 Å². The van der Waals surface area contributed by atoms with E-state index in [2.05, 4.69) is 30.5 Å². The van der Waals surface area contributed by atoms with Crippen LogP contribution in [0.3, 0.4) is 0 Å². The number of hydrogen-bond donors (Lipinski definition) is 0. The van der Waals surface area contributed by atoms with Crippen molar-refractivity contribution in [1.82, 2.24) is 4.90 Å². The van der Waals surface area contributed by atoms with Gasteiger partial charge >= 0.3 is 0 Å². The second kappa shape index (κ2) is 5.54. The molecule has 0 aromatic heterocycles. The molecule has 0 aromatic rings. The molecule has 3 heteroatoms. The average molecular weight is 241 g/mol. The number of thioether (sulfide) groups is 1. The lowest BCUT2D eigenvalue weighted by Gasteiger charge is -2.37. The van der Waals surface area contributed by atoms with Crippen molar-refractivity contribution in [3.8, 4) is 0 Å². The summed E-state index contributed by atoms with van der Waals surface area (Å²) in [6.45, 7) is 5.48. The topological polar surface area (TPSA) is 20.3 Å². The molecule has 16 heavy (non-hydrogen) atoms. The van der Waals surface area contributed by atoms with Gasteiger partial charge in [0, 0.05) is 36.7 Å². The Bertz CT molecular complexity index is 256. The molecule has 1 heterocycles. The van der Waals surface area contributed by atoms with E-state index < -0.39 is 0 Å². The maximum absolute atomic E-state index is 11.4. The van der Waals surface area contributed by atoms with Gasteiger partial charge in [0.1, 0.15) is 5.78 Å². The van der Waals surface area contributed by atoms with Crippen LogP contribution < -0.4 is 0 Å². The van der Waals surface area contributed by atoms with Crippen molar-refractivity contribution in [3.05, 3.63) is 0 Å². The molecule has 1 aliphatic carbocycles. The number of nitrogens with zero attached hydrogens (tertiary/aromatic N) is 1. The maximum Gasteiger partial charge on any atom is 0.135 e. The molecule has 3 unspecified atom stereocenters. The number of ketones is 1. The van der Waals surface area contributed by atoms with Crippen molar-refractivity contribution in [2.75, 3.05) is 12.3 Å². The highest BCUT2D eigenvalue weighted by molar-refractivity contribution is 7.99. The van der Waals surface area contributed by atoms with Gasteiger partial charge in [-0.1, -0.05) is 6.92 Å². The lowest BCUT2D eigenvalue weighted by atomic mass is 9.99. The van der Waals surface area contributed by atoms with E-state index >= 15 is 0 Å². The number of carbonyl (C=O) groups excluding carboxylic acids is 1. The van der Waals surface area contributed by atoms with E-state index in [1.54, 1.807) is 0 Å². The first-order valence-corrected chi connectivity index (χ1v) is 7.64. The maximum atomic E-state index is 11.4. The van der Waals surface area contributed by atoms with Crippen LogP contribution in [0.15, 0.2) is 0 Å². The van der Waals surface area contributed by atoms with Crippen LogP contribution in [0.4, 0.5) is 0 Å². The summed E-state index contributed by atoms with van der Waals surface area (Å²) in [6, 6.07) is 1.24. The second-order valence-corrected chi connectivity index (χ2v) is 6.70. The molecule has 0 amide bonds. The summed E-state index contributed by atoms with van der Waals surface area (Å²) in [4.78, 5) is 14.0. The molecule has 0 bridgehead atoms. The molecule has 2 nitrogen and oxygen atoms in total. The van der Waals surface area contributed by atoms with Gasteiger partial charge in [-0.05, 0) is 31.9 Å². The van der Waals surface area contributed by atoms with Crippen LogP contribution in [-0.2, 0) is 4.79 Å². The molecule has 0 aromatic carbocycles. The normalized spacial score (nSPS) is 36.9. The van der Waals surface area contributed by atoms with Gasteiger partial charge in [0.2, 0.25) is 0 Å². The van der Waals surface area contributed by atoms with E-state index in [-0.39, 0.29) is 0 Å². The van der Waals surface area contributed by atoms with E-state index in [0.29, 0.717) is 11.8 Å². The van der Waals surface area contributed by atoms with Crippen LogP contribution in [0.5, 0.6) is 0 Å². The minimum absolute atomic E-state index is 0.459. The first-order chi connectivity index (χ1) is 7.70. The summed E-state index contributed by atoms with van der Waals surface area (Å²) < 4.78 is 0. The molecule has 2 aliphatic rings. The van der Waals surface area contributed by atoms with E-state index in [1.165, 1.54) is 25.0 Å². The smallest absolute Gasteiger partial charge is 0.135 e. The summed E-state index contributed by atoms with van der Waals surface area (Å²) in [5, 5.41) is 0.875. The number of carbonyl (C=O) groups is 1. The molecule has 0 radical (unpaired) electrons. The van der Waals surface area contributed by atoms with Gasteiger partial charge in [0.25, 0.3) is 0 Å². The fourth-order valence-corrected chi connectivity index (χ4v) is 4.30. The molecule has 1 aliphatic heterocycles. The zero-order valence-corrected chi connectivity index (χ0v) is 11.3. The molecule has 2 fully saturated rings. The van der Waals surface area contributed by atoms with Crippen LogP contribution in [0.2, 0.25) is 0 Å². The summed E-state index contributed by atoms with van der Waals surface area (Å²) >= 11 is 2.11. The van der Waals surface area contributed by atoms with Gasteiger partial charge in [0.15, 0.2) is 0 Å². The fraction of sp³-hybridized carbons (Fsp3) is 0.923. The van der Waals surface area contributed by atoms with Gasteiger partial charge in [-0.2, -0.15) is 11.8 Å².